The molecule has 2 N–H and O–H groups in total. The van der Waals surface area contributed by atoms with Gasteiger partial charge in [-0.1, -0.05) is 18.5 Å². The number of nitrogens with zero attached hydrogens (tertiary/aromatic N) is 8. The largest absolute Gasteiger partial charge is 0.504 e. The summed E-state index contributed by atoms with van der Waals surface area (Å²) in [5.74, 6) is -0.876. The van der Waals surface area contributed by atoms with Crippen molar-refractivity contribution in [2.45, 2.75) is 64.3 Å². The molecule has 0 spiro atoms. The Morgan fingerprint density at radius 1 is 1.12 bits per heavy atom. The van der Waals surface area contributed by atoms with E-state index in [2.05, 4.69) is 25.3 Å². The molecular formula is C33H35ClF3N9O4. The number of aryl methyl sites for hydroxylation is 1. The van der Waals surface area contributed by atoms with Gasteiger partial charge in [0.05, 0.1) is 34.2 Å². The molecule has 1 aliphatic heterocycles. The summed E-state index contributed by atoms with van der Waals surface area (Å²) in [5, 5.41) is 12.9. The Balaban J connectivity index is 1.40. The summed E-state index contributed by atoms with van der Waals surface area (Å²) in [6, 6.07) is 2.11. The number of hydrogen-bond donors (Lipinski definition) is 2. The number of benzene rings is 1. The third-order valence-corrected chi connectivity index (χ3v) is 9.59. The minimum Gasteiger partial charge on any atom is -0.504 e. The number of carbonyl (C=O) groups excluding carboxylic acids is 2. The van der Waals surface area contributed by atoms with Crippen LogP contribution in [0.5, 0.6) is 5.75 Å². The fourth-order valence-electron chi connectivity index (χ4n) is 6.87. The maximum atomic E-state index is 14.5. The molecule has 17 heteroatoms. The number of pyridine rings is 1. The molecule has 1 saturated heterocycles. The average molecular weight is 714 g/mol. The fourth-order valence-corrected chi connectivity index (χ4v) is 7.10. The summed E-state index contributed by atoms with van der Waals surface area (Å²) in [5.41, 5.74) is -0.0551. The molecule has 1 aliphatic carbocycles. The number of anilines is 3. The zero-order valence-electron chi connectivity index (χ0n) is 27.8. The standard InChI is InChI=1S/C33H35ClF3N9O4/c1-5-21-28(44-11-12-45(23-8-6-7-22(23)44)32(50)27-29(48)17(2)39-16-40-27)30(49)26-31(38-14-24(42-26)43(3)4)46(21)15-25(47)41-20-10-9-18(13-19(20)34)33(35,36)37/h9-10,13-14,16,22-23,48H,5-8,11-12,15H2,1-4H3,(H,41,47)/t22-,23-/m0/s1. The van der Waals surface area contributed by atoms with Gasteiger partial charge in [-0.3, -0.25) is 14.4 Å². The third kappa shape index (κ3) is 6.27. The van der Waals surface area contributed by atoms with Gasteiger partial charge < -0.3 is 29.7 Å². The second-order valence-electron chi connectivity index (χ2n) is 12.5. The quantitative estimate of drug-likeness (QED) is 0.282. The highest BCUT2D eigenvalue weighted by Crippen LogP contribution is 2.38. The SMILES string of the molecule is CCc1c(N2CCN(C(=O)c3ncnc(C)c3O)[C@H]3CCC[C@@H]32)c(=O)c2nc(N(C)C)cnc2n1CC(=O)Nc1ccc(C(F)(F)F)cc1Cl. The van der Waals surface area contributed by atoms with Crippen molar-refractivity contribution in [3.8, 4) is 5.75 Å². The summed E-state index contributed by atoms with van der Waals surface area (Å²) < 4.78 is 41.2. The fraction of sp³-hybridized carbons (Fsp3) is 0.424. The van der Waals surface area contributed by atoms with Crippen molar-refractivity contribution in [3.63, 3.8) is 0 Å². The highest BCUT2D eigenvalue weighted by atomic mass is 35.5. The van der Waals surface area contributed by atoms with Gasteiger partial charge in [0.1, 0.15) is 24.4 Å². The lowest BCUT2D eigenvalue weighted by atomic mass is 10.0. The van der Waals surface area contributed by atoms with E-state index in [9.17, 15) is 32.7 Å². The number of aromatic nitrogens is 5. The van der Waals surface area contributed by atoms with Crippen LogP contribution in [0.25, 0.3) is 11.2 Å². The molecule has 2 fully saturated rings. The molecule has 1 aromatic carbocycles. The molecule has 13 nitrogen and oxygen atoms in total. The van der Waals surface area contributed by atoms with E-state index in [1.165, 1.54) is 12.5 Å². The van der Waals surface area contributed by atoms with Crippen molar-refractivity contribution in [2.24, 2.45) is 0 Å². The number of halogens is 4. The zero-order valence-corrected chi connectivity index (χ0v) is 28.5. The van der Waals surface area contributed by atoms with E-state index in [0.29, 0.717) is 36.5 Å². The topological polar surface area (TPSA) is 150 Å². The lowest BCUT2D eigenvalue weighted by Crippen LogP contribution is -2.60. The van der Waals surface area contributed by atoms with Gasteiger partial charge in [0.15, 0.2) is 22.6 Å². The van der Waals surface area contributed by atoms with E-state index in [4.69, 9.17) is 11.6 Å². The van der Waals surface area contributed by atoms with Crippen LogP contribution >= 0.6 is 11.6 Å². The van der Waals surface area contributed by atoms with E-state index >= 15 is 0 Å². The summed E-state index contributed by atoms with van der Waals surface area (Å²) in [6.45, 7) is 3.60. The molecule has 2 aliphatic rings. The summed E-state index contributed by atoms with van der Waals surface area (Å²) in [7, 11) is 3.51. The number of carbonyl (C=O) groups is 2. The van der Waals surface area contributed by atoms with Crippen molar-refractivity contribution in [1.29, 1.82) is 0 Å². The maximum absolute atomic E-state index is 14.5. The van der Waals surface area contributed by atoms with Gasteiger partial charge in [0.25, 0.3) is 5.91 Å². The first kappa shape index (κ1) is 34.9. The third-order valence-electron chi connectivity index (χ3n) is 9.27. The molecule has 0 radical (unpaired) electrons. The predicted octanol–water partition coefficient (Wildman–Crippen LogP) is 4.42. The van der Waals surface area contributed by atoms with Crippen LogP contribution < -0.4 is 20.5 Å². The normalized spacial score (nSPS) is 17.6. The Morgan fingerprint density at radius 2 is 1.86 bits per heavy atom. The van der Waals surface area contributed by atoms with Crippen LogP contribution in [0.3, 0.4) is 0 Å². The molecule has 0 unspecified atom stereocenters. The molecule has 50 heavy (non-hydrogen) atoms. The minimum atomic E-state index is -4.61. The first-order valence-corrected chi connectivity index (χ1v) is 16.4. The second kappa shape index (κ2) is 13.4. The smallest absolute Gasteiger partial charge is 0.416 e. The molecule has 4 heterocycles. The first-order chi connectivity index (χ1) is 23.7. The van der Waals surface area contributed by atoms with Crippen LogP contribution in [-0.4, -0.2) is 85.6 Å². The van der Waals surface area contributed by atoms with Gasteiger partial charge in [-0.05, 0) is 50.8 Å². The van der Waals surface area contributed by atoms with E-state index in [1.54, 1.807) is 35.4 Å². The van der Waals surface area contributed by atoms with Crippen molar-refractivity contribution < 1.29 is 27.9 Å². The summed E-state index contributed by atoms with van der Waals surface area (Å²) >= 11 is 6.13. The molecule has 4 aromatic rings. The van der Waals surface area contributed by atoms with Crippen molar-refractivity contribution in [1.82, 2.24) is 29.4 Å². The number of amides is 2. The van der Waals surface area contributed by atoms with E-state index < -0.39 is 23.6 Å². The number of hydrogen-bond acceptors (Lipinski definition) is 10. The van der Waals surface area contributed by atoms with Gasteiger partial charge in [-0.15, -0.1) is 0 Å². The molecule has 6 rings (SSSR count). The average Bonchev–Trinajstić information content (AvgIpc) is 3.57. The molecule has 264 valence electrons. The van der Waals surface area contributed by atoms with Crippen LogP contribution in [0, 0.1) is 6.92 Å². The van der Waals surface area contributed by atoms with Crippen molar-refractivity contribution in [3.05, 3.63) is 68.6 Å². The van der Waals surface area contributed by atoms with Crippen molar-refractivity contribution >= 4 is 51.8 Å². The Bertz CT molecular complexity index is 2060. The number of alkyl halides is 3. The van der Waals surface area contributed by atoms with Gasteiger partial charge in [-0.2, -0.15) is 13.2 Å². The van der Waals surface area contributed by atoms with E-state index in [0.717, 1.165) is 24.6 Å². The Hall–Kier alpha value is -4.99. The minimum absolute atomic E-state index is 0.00577. The lowest BCUT2D eigenvalue weighted by molar-refractivity contribution is -0.137. The Morgan fingerprint density at radius 3 is 2.54 bits per heavy atom. The molecule has 2 amide bonds. The Labute approximate surface area is 289 Å². The predicted molar refractivity (Wildman–Crippen MR) is 181 cm³/mol. The highest BCUT2D eigenvalue weighted by molar-refractivity contribution is 6.33. The number of nitrogens with one attached hydrogen (secondary N) is 1. The molecule has 1 saturated carbocycles. The number of rotatable bonds is 7. The second-order valence-corrected chi connectivity index (χ2v) is 12.9. The molecule has 0 bridgehead atoms. The van der Waals surface area contributed by atoms with Crippen LogP contribution in [0.2, 0.25) is 5.02 Å². The molecule has 3 aromatic heterocycles. The van der Waals surface area contributed by atoms with Gasteiger partial charge in [-0.25, -0.2) is 19.9 Å². The lowest BCUT2D eigenvalue weighted by Gasteiger charge is -2.46. The van der Waals surface area contributed by atoms with Crippen LogP contribution in [0.1, 0.15) is 53.6 Å². The van der Waals surface area contributed by atoms with Gasteiger partial charge in [0, 0.05) is 38.9 Å². The van der Waals surface area contributed by atoms with E-state index in [1.807, 2.05) is 11.8 Å². The van der Waals surface area contributed by atoms with Gasteiger partial charge >= 0.3 is 6.18 Å². The highest BCUT2D eigenvalue weighted by Gasteiger charge is 2.44. The monoisotopic (exact) mass is 713 g/mol. The van der Waals surface area contributed by atoms with Crippen molar-refractivity contribution in [2.75, 3.05) is 42.3 Å². The van der Waals surface area contributed by atoms with Gasteiger partial charge in [0.2, 0.25) is 11.3 Å². The first-order valence-electron chi connectivity index (χ1n) is 16.1. The zero-order chi connectivity index (χ0) is 36.1. The van der Waals surface area contributed by atoms with Crippen LogP contribution in [0.15, 0.2) is 35.5 Å². The van der Waals surface area contributed by atoms with E-state index in [-0.39, 0.29) is 76.2 Å². The number of piperazine rings is 1. The van der Waals surface area contributed by atoms with Crippen LogP contribution in [-0.2, 0) is 23.9 Å². The Kier molecular flexibility index (Phi) is 9.33. The maximum Gasteiger partial charge on any atom is 0.416 e. The summed E-state index contributed by atoms with van der Waals surface area (Å²) in [4.78, 5) is 64.3. The van der Waals surface area contributed by atoms with Crippen LogP contribution in [0.4, 0.5) is 30.4 Å². The summed E-state index contributed by atoms with van der Waals surface area (Å²) in [6.07, 6.45) is 0.572. The molecular weight excluding hydrogens is 679 g/mol. The molecule has 2 atom stereocenters. The number of fused-ring (bicyclic) bond motifs is 2. The number of aromatic hydroxyl groups is 1.